The topological polar surface area (TPSA) is 485 Å². The predicted molar refractivity (Wildman–Crippen MR) is 552 cm³/mol. The van der Waals surface area contributed by atoms with Crippen LogP contribution in [0.3, 0.4) is 0 Å². The number of sulfone groups is 5. The highest BCUT2D eigenvalue weighted by molar-refractivity contribution is 7.93. The van der Waals surface area contributed by atoms with Crippen molar-refractivity contribution in [2.24, 2.45) is 0 Å². The van der Waals surface area contributed by atoms with Crippen LogP contribution in [-0.4, -0.2) is 168 Å². The summed E-state index contributed by atoms with van der Waals surface area (Å²) in [4.78, 5) is 76.1. The van der Waals surface area contributed by atoms with Gasteiger partial charge in [0, 0.05) is 129 Å². The number of anilines is 1. The third kappa shape index (κ3) is 20.1. The molecule has 37 heteroatoms. The Morgan fingerprint density at radius 1 is 0.331 bits per heavy atom. The molecule has 13 heterocycles. The number of hydrogen-bond acceptors (Lipinski definition) is 26. The van der Waals surface area contributed by atoms with Crippen molar-refractivity contribution in [3.8, 4) is 118 Å². The molecule has 0 atom stereocenters. The fraction of sp³-hybridized carbons (Fsp3) is 0.171. The molecule has 0 spiro atoms. The van der Waals surface area contributed by atoms with E-state index in [0.717, 1.165) is 124 Å². The van der Waals surface area contributed by atoms with Crippen molar-refractivity contribution in [2.45, 2.75) is 140 Å². The Hall–Kier alpha value is -16.1. The first-order chi connectivity index (χ1) is 68.1. The van der Waals surface area contributed by atoms with Gasteiger partial charge in [-0.05, 0) is 160 Å². The predicted octanol–water partition coefficient (Wildman–Crippen LogP) is 19.8. The van der Waals surface area contributed by atoms with E-state index in [9.17, 15) is 47.4 Å². The van der Waals surface area contributed by atoms with Gasteiger partial charge in [0.15, 0.2) is 77.4 Å². The van der Waals surface area contributed by atoms with Crippen molar-refractivity contribution in [3.05, 3.63) is 298 Å². The maximum atomic E-state index is 12.4. The molecule has 7 N–H and O–H groups in total. The van der Waals surface area contributed by atoms with E-state index in [4.69, 9.17) is 25.7 Å². The molecule has 20 aromatic rings. The van der Waals surface area contributed by atoms with Crippen molar-refractivity contribution in [3.63, 3.8) is 0 Å². The fourth-order valence-corrected chi connectivity index (χ4v) is 20.8. The maximum Gasteiger partial charge on any atom is 0.180 e. The number of nitrogen functional groups attached to an aromatic ring is 1. The number of aromatic nitrogens is 20. The van der Waals surface area contributed by atoms with Crippen molar-refractivity contribution in [1.29, 1.82) is 5.26 Å². The lowest BCUT2D eigenvalue weighted by Crippen LogP contribution is -2.13. The van der Waals surface area contributed by atoms with Crippen LogP contribution in [0.4, 0.5) is 5.82 Å². The number of hydrogen-bond donors (Lipinski definition) is 6. The molecule has 0 saturated carbocycles. The Morgan fingerprint density at radius 3 is 1.00 bits per heavy atom. The molecule has 13 aromatic heterocycles. The van der Waals surface area contributed by atoms with Crippen molar-refractivity contribution in [2.75, 3.05) is 5.73 Å². The molecule has 21 rings (SSSR count). The standard InChI is InChI=1S/C23H20N4O2S.C22H18N4O2S.C21H19N3O2S.C20H21N5O2S.C19H18N6O2S/c1-14(2)30(28,29)18-8-6-15(7-9-18)21-13-26-23-22(27-21)19(12-25-23)17-10-16-4-3-5-20(16)24-11-17;1-14(2)29(27,28)17-9-7-15(8-10-17)20-13-25-22-21(26-20)19(12-24-22)18-6-4-3-5-16(18)11-23;1-14(2)27(25,26)17-10-8-16(9-11-17)19-13-23-21-20(24-19)18(12-22-21)15-6-4-3-5-7-15;1-4-25-12-15(9-23-25)17-10-21-20-19(17)24-18(11-22-20)14-5-7-16(8-6-14)28(26,27)13(2)3;1-11(2)28(26,27)13-5-3-12(4-6-13)15-8-24-19-18(25-15)14(7-23-19)16-9-22-17(20)10-21-16/h3-4,6-14H,5H2,1-2H3,(H,25,26);3-10,12-14H,1-2H3,(H,24,25);3-14H,1-2H3,(H,22,23);5-13H,4H2,1-3H3,(H,21,22);3-11H,1-2H3,(H2,20,22)(H,23,24). The van der Waals surface area contributed by atoms with Crippen LogP contribution in [0, 0.1) is 11.3 Å². The van der Waals surface area contributed by atoms with Gasteiger partial charge in [-0.2, -0.15) is 10.4 Å². The maximum absolute atomic E-state index is 12.4. The van der Waals surface area contributed by atoms with Crippen LogP contribution >= 0.6 is 0 Å². The minimum absolute atomic E-state index is 0.288. The molecule has 0 amide bonds. The van der Waals surface area contributed by atoms with Crippen molar-refractivity contribution >= 4 is 117 Å². The molecule has 1 aliphatic rings. The second-order valence-electron chi connectivity index (χ2n) is 34.7. The number of nitrogens with zero attached hydrogens (tertiary/aromatic N) is 16. The quantitative estimate of drug-likeness (QED) is 0.0389. The Morgan fingerprint density at radius 2 is 0.655 bits per heavy atom. The lowest BCUT2D eigenvalue weighted by molar-refractivity contribution is 0.586. The lowest BCUT2D eigenvalue weighted by atomic mass is 10.0. The summed E-state index contributed by atoms with van der Waals surface area (Å²) in [6.07, 6.45) is 31.4. The first kappa shape index (κ1) is 97.5. The number of aromatic amines is 5. The average Bonchev–Trinajstić information content (AvgIpc) is 1.60. The van der Waals surface area contributed by atoms with E-state index in [2.05, 4.69) is 99.2 Å². The minimum atomic E-state index is -3.32. The number of benzene rings is 7. The third-order valence-corrected chi connectivity index (χ3v) is 34.8. The number of nitrogens with one attached hydrogen (secondary N) is 5. The normalized spacial score (nSPS) is 12.2. The lowest BCUT2D eigenvalue weighted by Gasteiger charge is -2.08. The summed E-state index contributed by atoms with van der Waals surface area (Å²) in [6.45, 7) is 19.6. The molecule has 0 fully saturated rings. The van der Waals surface area contributed by atoms with Crippen LogP contribution in [0.15, 0.2) is 305 Å². The zero-order valence-corrected chi connectivity index (χ0v) is 82.9. The molecule has 0 aliphatic heterocycles. The second kappa shape index (κ2) is 40.4. The van der Waals surface area contributed by atoms with E-state index in [0.29, 0.717) is 98.7 Å². The van der Waals surface area contributed by atoms with Gasteiger partial charge in [0.25, 0.3) is 0 Å². The van der Waals surface area contributed by atoms with Gasteiger partial charge in [0.2, 0.25) is 0 Å². The van der Waals surface area contributed by atoms with E-state index >= 15 is 0 Å². The summed E-state index contributed by atoms with van der Waals surface area (Å²) in [6, 6.07) is 55.4. The summed E-state index contributed by atoms with van der Waals surface area (Å²) in [7, 11) is -16.5. The van der Waals surface area contributed by atoms with E-state index in [1.165, 1.54) is 6.20 Å². The Bertz CT molecular complexity index is 8810. The number of rotatable bonds is 21. The smallest absolute Gasteiger partial charge is 0.180 e. The molecular weight excluding hydrogens is 1890 g/mol. The van der Waals surface area contributed by atoms with Gasteiger partial charge in [0.05, 0.1) is 152 Å². The molecule has 1 aliphatic carbocycles. The monoisotopic (exact) mass is 1980 g/mol. The second-order valence-corrected chi connectivity index (χ2v) is 47.2. The van der Waals surface area contributed by atoms with Gasteiger partial charge in [-0.3, -0.25) is 14.6 Å². The van der Waals surface area contributed by atoms with Crippen LogP contribution in [0.2, 0.25) is 0 Å². The van der Waals surface area contributed by atoms with Crippen LogP contribution in [0.25, 0.3) is 174 Å². The zero-order chi connectivity index (χ0) is 100. The average molecular weight is 1990 g/mol. The largest absolute Gasteiger partial charge is 0.382 e. The molecule has 0 radical (unpaired) electrons. The van der Waals surface area contributed by atoms with Crippen molar-refractivity contribution < 1.29 is 42.1 Å². The van der Waals surface area contributed by atoms with E-state index < -0.39 is 75.4 Å². The number of fused-ring (bicyclic) bond motifs is 6. The zero-order valence-electron chi connectivity index (χ0n) is 78.8. The fourth-order valence-electron chi connectivity index (χ4n) is 15.5. The number of H-pyrrole nitrogens is 5. The number of aryl methyl sites for hydroxylation is 1. The molecule has 7 aromatic carbocycles. The molecule has 142 heavy (non-hydrogen) atoms. The van der Waals surface area contributed by atoms with Crippen molar-refractivity contribution in [1.82, 2.24) is 99.5 Å². The van der Waals surface area contributed by atoms with E-state index in [1.54, 1.807) is 246 Å². The Kier molecular flexibility index (Phi) is 27.7. The summed E-state index contributed by atoms with van der Waals surface area (Å²) < 4.78 is 125. The highest BCUT2D eigenvalue weighted by Gasteiger charge is 2.27. The van der Waals surface area contributed by atoms with Crippen LogP contribution < -0.4 is 5.73 Å². The number of nitriles is 1. The van der Waals surface area contributed by atoms with Gasteiger partial charge in [-0.1, -0.05) is 121 Å². The molecule has 0 saturated heterocycles. The third-order valence-electron chi connectivity index (χ3n) is 24.0. The minimum Gasteiger partial charge on any atom is -0.382 e. The first-order valence-corrected chi connectivity index (χ1v) is 53.0. The highest BCUT2D eigenvalue weighted by atomic mass is 32.2. The van der Waals surface area contributed by atoms with Gasteiger partial charge < -0.3 is 30.7 Å². The van der Waals surface area contributed by atoms with Gasteiger partial charge in [-0.25, -0.2) is 96.9 Å². The Labute approximate surface area is 819 Å². The molecule has 0 unspecified atom stereocenters. The summed E-state index contributed by atoms with van der Waals surface area (Å²) in [5.74, 6) is 0.340. The summed E-state index contributed by atoms with van der Waals surface area (Å²) >= 11 is 0. The van der Waals surface area contributed by atoms with E-state index in [-0.39, 0.29) is 4.90 Å². The van der Waals surface area contributed by atoms with E-state index in [1.807, 2.05) is 97.3 Å². The number of pyridine rings is 1. The first-order valence-electron chi connectivity index (χ1n) is 45.3. The van der Waals surface area contributed by atoms with Crippen LogP contribution in [-0.2, 0) is 62.2 Å². The molecule has 32 nitrogen and oxygen atoms in total. The van der Waals surface area contributed by atoms with Crippen LogP contribution in [0.1, 0.15) is 93.0 Å². The van der Waals surface area contributed by atoms with Gasteiger partial charge in [-0.15, -0.1) is 0 Å². The Balaban J connectivity index is 0.000000122. The number of nitrogens with two attached hydrogens (primary N) is 1. The van der Waals surface area contributed by atoms with Gasteiger partial charge >= 0.3 is 0 Å². The molecule has 0 bridgehead atoms. The SMILES string of the molecule is CC(C)S(=O)(=O)c1ccc(-c2cnc3[nH]cc(-c4ccccc4)c3n2)cc1.CC(C)S(=O)(=O)c1ccc(-c2cnc3[nH]cc(-c4ccccc4C#N)c3n2)cc1.CC(C)S(=O)(=O)c1ccc(-c2cnc3[nH]cc(-c4cnc(N)cn4)c3n2)cc1.CC(C)S(=O)(=O)c1ccc(-c2cnc3[nH]cc(-c4cnc5c(c4)C=CC5)c3n2)cc1.CCn1cc(-c2c[nH]c3ncc(-c4ccc(S(=O)(=O)C(C)C)cc4)nc23)cn1. The molecule has 716 valence electrons. The molecular formula is C105H96N22O10S5. The summed E-state index contributed by atoms with van der Waals surface area (Å²) in [5, 5.41) is 11.4. The number of allylic oxidation sites excluding steroid dienone is 1. The van der Waals surface area contributed by atoms with Gasteiger partial charge in [0.1, 0.15) is 33.4 Å². The highest BCUT2D eigenvalue weighted by Crippen LogP contribution is 2.38. The summed E-state index contributed by atoms with van der Waals surface area (Å²) in [5.41, 5.74) is 31.5. The van der Waals surface area contributed by atoms with Crippen LogP contribution in [0.5, 0.6) is 0 Å².